The second-order valence-corrected chi connectivity index (χ2v) is 6.67. The van der Waals surface area contributed by atoms with E-state index in [1.165, 1.54) is 10.5 Å². The van der Waals surface area contributed by atoms with Crippen LogP contribution >= 0.6 is 0 Å². The van der Waals surface area contributed by atoms with Crippen LogP contribution in [0.4, 0.5) is 0 Å². The van der Waals surface area contributed by atoms with Gasteiger partial charge < -0.3 is 4.74 Å². The summed E-state index contributed by atoms with van der Waals surface area (Å²) in [6.07, 6.45) is 2.14. The van der Waals surface area contributed by atoms with Crippen LogP contribution in [0, 0.1) is 12.8 Å². The van der Waals surface area contributed by atoms with Crippen molar-refractivity contribution in [1.82, 2.24) is 14.5 Å². The lowest BCUT2D eigenvalue weighted by Crippen LogP contribution is -2.46. The fourth-order valence-corrected chi connectivity index (χ4v) is 3.86. The highest BCUT2D eigenvalue weighted by Crippen LogP contribution is 2.25. The summed E-state index contributed by atoms with van der Waals surface area (Å²) in [4.78, 5) is 0.256. The molecule has 18 heavy (non-hydrogen) atoms. The lowest BCUT2D eigenvalue weighted by Gasteiger charge is -2.35. The van der Waals surface area contributed by atoms with Crippen molar-refractivity contribution in [1.29, 1.82) is 0 Å². The minimum atomic E-state index is -3.46. The molecule has 1 aromatic heterocycles. The molecule has 1 aromatic rings. The van der Waals surface area contributed by atoms with Crippen LogP contribution in [0.2, 0.25) is 0 Å². The maximum atomic E-state index is 12.4. The first-order valence-electron chi connectivity index (χ1n) is 5.99. The highest BCUT2D eigenvalue weighted by Gasteiger charge is 2.34. The third-order valence-corrected chi connectivity index (χ3v) is 5.54. The summed E-state index contributed by atoms with van der Waals surface area (Å²) in [6.45, 7) is 4.74. The van der Waals surface area contributed by atoms with Crippen molar-refractivity contribution < 1.29 is 13.2 Å². The number of aryl methyl sites for hydroxylation is 1. The van der Waals surface area contributed by atoms with E-state index in [1.54, 1.807) is 14.0 Å². The molecule has 2 rings (SSSR count). The van der Waals surface area contributed by atoms with E-state index in [2.05, 4.69) is 17.1 Å². The molecule has 1 N–H and O–H groups in total. The average molecular weight is 273 g/mol. The first kappa shape index (κ1) is 13.5. The molecule has 0 aromatic carbocycles. The molecule has 1 fully saturated rings. The Hall–Kier alpha value is -0.920. The van der Waals surface area contributed by atoms with Gasteiger partial charge in [-0.05, 0) is 19.3 Å². The molecule has 6 nitrogen and oxygen atoms in total. The first-order chi connectivity index (χ1) is 8.46. The number of sulfonamides is 1. The van der Waals surface area contributed by atoms with Crippen molar-refractivity contribution >= 4 is 10.0 Å². The molecule has 0 saturated carbocycles. The Balaban J connectivity index is 2.24. The zero-order valence-electron chi connectivity index (χ0n) is 10.9. The van der Waals surface area contributed by atoms with Gasteiger partial charge in [-0.25, -0.2) is 8.42 Å². The van der Waals surface area contributed by atoms with Crippen molar-refractivity contribution in [2.24, 2.45) is 5.92 Å². The second kappa shape index (κ2) is 4.99. The number of H-pyrrole nitrogens is 1. The van der Waals surface area contributed by atoms with Crippen molar-refractivity contribution in [3.8, 4) is 0 Å². The molecule has 102 valence electrons. The lowest BCUT2D eigenvalue weighted by molar-refractivity contribution is 0.0183. The number of hydrogen-bond donors (Lipinski definition) is 1. The predicted molar refractivity (Wildman–Crippen MR) is 66.7 cm³/mol. The normalized spacial score (nSPS) is 26.4. The fraction of sp³-hybridized carbons (Fsp3) is 0.727. The van der Waals surface area contributed by atoms with E-state index in [1.807, 2.05) is 0 Å². The number of hydrogen-bond acceptors (Lipinski definition) is 4. The van der Waals surface area contributed by atoms with Gasteiger partial charge in [0, 0.05) is 20.2 Å². The molecule has 1 aliphatic rings. The van der Waals surface area contributed by atoms with E-state index in [0.717, 1.165) is 6.42 Å². The van der Waals surface area contributed by atoms with Crippen LogP contribution in [0.15, 0.2) is 11.1 Å². The summed E-state index contributed by atoms with van der Waals surface area (Å²) in [5.74, 6) is 0.381. The first-order valence-corrected chi connectivity index (χ1v) is 7.43. The van der Waals surface area contributed by atoms with E-state index >= 15 is 0 Å². The maximum Gasteiger partial charge on any atom is 0.246 e. The molecule has 0 amide bonds. The number of aromatic nitrogens is 2. The largest absolute Gasteiger partial charge is 0.380 e. The molecule has 2 atom stereocenters. The molecular weight excluding hydrogens is 254 g/mol. The number of piperidine rings is 1. The van der Waals surface area contributed by atoms with Gasteiger partial charge in [0.2, 0.25) is 10.0 Å². The number of rotatable bonds is 3. The summed E-state index contributed by atoms with van der Waals surface area (Å²) in [6, 6.07) is 0. The SMILES string of the molecule is COC1CN(S(=O)(=O)c2cn[nH]c2C)CCC1C. The number of ether oxygens (including phenoxy) is 1. The van der Waals surface area contributed by atoms with Crippen LogP contribution in [-0.2, 0) is 14.8 Å². The van der Waals surface area contributed by atoms with E-state index in [0.29, 0.717) is 24.7 Å². The van der Waals surface area contributed by atoms with Gasteiger partial charge >= 0.3 is 0 Å². The van der Waals surface area contributed by atoms with Gasteiger partial charge in [0.05, 0.1) is 18.0 Å². The molecule has 1 saturated heterocycles. The fourth-order valence-electron chi connectivity index (χ4n) is 2.27. The Morgan fingerprint density at radius 1 is 1.56 bits per heavy atom. The molecule has 0 bridgehead atoms. The lowest BCUT2D eigenvalue weighted by atomic mass is 9.97. The van der Waals surface area contributed by atoms with Crippen LogP contribution in [0.5, 0.6) is 0 Å². The third kappa shape index (κ3) is 2.30. The molecular formula is C11H19N3O3S. The summed E-state index contributed by atoms with van der Waals surface area (Å²) in [5, 5.41) is 6.44. The van der Waals surface area contributed by atoms with Gasteiger partial charge in [-0.3, -0.25) is 5.10 Å². The van der Waals surface area contributed by atoms with E-state index in [-0.39, 0.29) is 11.0 Å². The number of aromatic amines is 1. The van der Waals surface area contributed by atoms with Gasteiger partial charge in [0.15, 0.2) is 0 Å². The van der Waals surface area contributed by atoms with E-state index in [9.17, 15) is 8.42 Å². The monoisotopic (exact) mass is 273 g/mol. The summed E-state index contributed by atoms with van der Waals surface area (Å²) in [7, 11) is -1.83. The second-order valence-electron chi connectivity index (χ2n) is 4.76. The Morgan fingerprint density at radius 2 is 2.28 bits per heavy atom. The Labute approximate surface area is 107 Å². The third-order valence-electron chi connectivity index (χ3n) is 3.56. The molecule has 2 heterocycles. The highest BCUT2D eigenvalue weighted by molar-refractivity contribution is 7.89. The van der Waals surface area contributed by atoms with E-state index < -0.39 is 10.0 Å². The standard InChI is InChI=1S/C11H19N3O3S/c1-8-4-5-14(7-10(8)17-3)18(15,16)11-6-12-13-9(11)2/h6,8,10H,4-5,7H2,1-3H3,(H,12,13). The van der Waals surface area contributed by atoms with Gasteiger partial charge in [-0.15, -0.1) is 0 Å². The predicted octanol–water partition coefficient (Wildman–Crippen LogP) is 0.764. The minimum absolute atomic E-state index is 0.0410. The molecule has 2 unspecified atom stereocenters. The number of methoxy groups -OCH3 is 1. The topological polar surface area (TPSA) is 75.3 Å². The maximum absolute atomic E-state index is 12.4. The highest BCUT2D eigenvalue weighted by atomic mass is 32.2. The van der Waals surface area contributed by atoms with Gasteiger partial charge in [-0.1, -0.05) is 6.92 Å². The molecule has 7 heteroatoms. The molecule has 0 radical (unpaired) electrons. The average Bonchev–Trinajstić information content (AvgIpc) is 2.76. The Morgan fingerprint density at radius 3 is 2.83 bits per heavy atom. The van der Waals surface area contributed by atoms with E-state index in [4.69, 9.17) is 4.74 Å². The van der Waals surface area contributed by atoms with Crippen molar-refractivity contribution in [2.75, 3.05) is 20.2 Å². The number of nitrogens with zero attached hydrogens (tertiary/aromatic N) is 2. The summed E-state index contributed by atoms with van der Waals surface area (Å²) >= 11 is 0. The summed E-state index contributed by atoms with van der Waals surface area (Å²) < 4.78 is 31.7. The molecule has 0 aliphatic carbocycles. The van der Waals surface area contributed by atoms with Gasteiger partial charge in [-0.2, -0.15) is 9.40 Å². The Bertz CT molecular complexity index is 511. The van der Waals surface area contributed by atoms with Gasteiger partial charge in [0.1, 0.15) is 4.90 Å². The van der Waals surface area contributed by atoms with Crippen LogP contribution in [0.3, 0.4) is 0 Å². The number of nitrogens with one attached hydrogen (secondary N) is 1. The quantitative estimate of drug-likeness (QED) is 0.882. The van der Waals surface area contributed by atoms with Crippen LogP contribution in [-0.4, -0.2) is 49.2 Å². The minimum Gasteiger partial charge on any atom is -0.380 e. The van der Waals surface area contributed by atoms with Crippen LogP contribution in [0.25, 0.3) is 0 Å². The molecule has 0 spiro atoms. The van der Waals surface area contributed by atoms with Gasteiger partial charge in [0.25, 0.3) is 0 Å². The summed E-state index contributed by atoms with van der Waals surface area (Å²) in [5.41, 5.74) is 0.572. The molecule has 1 aliphatic heterocycles. The van der Waals surface area contributed by atoms with Crippen molar-refractivity contribution in [3.05, 3.63) is 11.9 Å². The smallest absolute Gasteiger partial charge is 0.246 e. The Kier molecular flexibility index (Phi) is 3.74. The van der Waals surface area contributed by atoms with Crippen LogP contribution < -0.4 is 0 Å². The van der Waals surface area contributed by atoms with Crippen molar-refractivity contribution in [2.45, 2.75) is 31.3 Å². The van der Waals surface area contributed by atoms with Crippen LogP contribution in [0.1, 0.15) is 19.0 Å². The zero-order valence-corrected chi connectivity index (χ0v) is 11.7. The zero-order chi connectivity index (χ0) is 13.3. The van der Waals surface area contributed by atoms with Crippen molar-refractivity contribution in [3.63, 3.8) is 0 Å².